The zero-order chi connectivity index (χ0) is 106. The Morgan fingerprint density at radius 1 is 0.771 bits per heavy atom. The number of amides is 9. The third-order valence-corrected chi connectivity index (χ3v) is 26.6. The Morgan fingerprint density at radius 3 is 1.97 bits per heavy atom. The lowest BCUT2D eigenvalue weighted by atomic mass is 9.86. The summed E-state index contributed by atoms with van der Waals surface area (Å²) in [5.41, 5.74) is 17.1. The van der Waals surface area contributed by atoms with Gasteiger partial charge in [0.05, 0.1) is 77.3 Å². The number of oxime groups is 1. The molecular weight excluding hydrogens is 1980 g/mol. The number of carboxylic acids is 1. The predicted molar refractivity (Wildman–Crippen MR) is 523 cm³/mol. The molecule has 144 heavy (non-hydrogen) atoms. The van der Waals surface area contributed by atoms with Gasteiger partial charge in [0.25, 0.3) is 11.8 Å². The molecule has 780 valence electrons. The molecule has 0 aliphatic carbocycles. The fourth-order valence-corrected chi connectivity index (χ4v) is 18.4. The summed E-state index contributed by atoms with van der Waals surface area (Å²) in [7, 11) is 3.22. The number of phenols is 3. The number of aliphatic hydroxyl groups excluding tert-OH is 6. The number of nitrogens with two attached hydrogens (primary N) is 3. The first kappa shape index (κ1) is 114. The molecule has 44 nitrogen and oxygen atoms in total. The van der Waals surface area contributed by atoms with Gasteiger partial charge in [-0.15, -0.1) is 11.8 Å². The van der Waals surface area contributed by atoms with Crippen molar-refractivity contribution in [2.24, 2.45) is 22.5 Å². The number of aromatic nitrogens is 2. The number of aryl methyl sites for hydroxylation is 1. The third kappa shape index (κ3) is 28.7. The highest BCUT2D eigenvalue weighted by Crippen LogP contribution is 2.49. The number of aliphatic carboxylic acids is 1. The minimum absolute atomic E-state index is 0.0151. The summed E-state index contributed by atoms with van der Waals surface area (Å²) in [6.07, 6.45) is -7.95. The van der Waals surface area contributed by atoms with E-state index in [0.29, 0.717) is 34.6 Å². The molecule has 5 aromatic carbocycles. The van der Waals surface area contributed by atoms with Gasteiger partial charge in [-0.1, -0.05) is 89.4 Å². The van der Waals surface area contributed by atoms with Crippen molar-refractivity contribution in [1.29, 1.82) is 0 Å². The second kappa shape index (κ2) is 50.5. The van der Waals surface area contributed by atoms with E-state index in [9.17, 15) is 104 Å². The molecule has 0 radical (unpaired) electrons. The first-order valence-corrected chi connectivity index (χ1v) is 48.5. The lowest BCUT2D eigenvalue weighted by Crippen LogP contribution is -2.71. The first-order valence-electron chi connectivity index (χ1n) is 45.5. The van der Waals surface area contributed by atoms with E-state index in [1.54, 1.807) is 139 Å². The number of pyridine rings is 1. The largest absolute Gasteiger partial charge is 0.543 e. The van der Waals surface area contributed by atoms with Crippen LogP contribution in [0.2, 0.25) is 14.4 Å². The van der Waals surface area contributed by atoms with E-state index in [0.717, 1.165) is 28.4 Å². The summed E-state index contributed by atoms with van der Waals surface area (Å²) >= 11 is 21.6. The van der Waals surface area contributed by atoms with Gasteiger partial charge in [0.1, 0.15) is 99.3 Å². The van der Waals surface area contributed by atoms with Crippen LogP contribution in [0.3, 0.4) is 0 Å². The minimum Gasteiger partial charge on any atom is -0.543 e. The number of rotatable bonds is 36. The van der Waals surface area contributed by atoms with E-state index < -0.39 is 203 Å². The maximum Gasteiger partial charge on any atom is 0.276 e. The maximum absolute atomic E-state index is 14.0. The van der Waals surface area contributed by atoms with Gasteiger partial charge in [-0.3, -0.25) is 52.8 Å². The second-order valence-electron chi connectivity index (χ2n) is 35.5. The quantitative estimate of drug-likeness (QED) is 0.00881. The maximum atomic E-state index is 14.0. The number of hydrogen-bond acceptors (Lipinski definition) is 36. The highest BCUT2D eigenvalue weighted by atomic mass is 35.5. The molecule has 7 heterocycles. The number of nitrogens with zero attached hydrogens (tertiary/aromatic N) is 4. The Bertz CT molecular complexity index is 5850. The van der Waals surface area contributed by atoms with Gasteiger partial charge in [0, 0.05) is 65.6 Å². The smallest absolute Gasteiger partial charge is 0.276 e. The summed E-state index contributed by atoms with van der Waals surface area (Å²) in [5.74, 6) is -8.70. The predicted octanol–water partition coefficient (Wildman–Crippen LogP) is 2.41. The van der Waals surface area contributed by atoms with E-state index >= 15 is 0 Å². The Kier molecular flexibility index (Phi) is 39.9. The van der Waals surface area contributed by atoms with Crippen molar-refractivity contribution in [1.82, 2.24) is 57.7 Å². The number of nitrogens with one attached hydrogen (secondary N) is 9. The molecule has 20 atom stereocenters. The number of Topliss-reactive ketones (excluding diaryl/α,β-unsaturated/α-hetero) is 1. The number of likely N-dealkylation sites (N-methyl/N-ethyl adjacent to an activating group) is 2. The average molecular weight is 2100 g/mol. The monoisotopic (exact) mass is 2100 g/mol. The van der Waals surface area contributed by atoms with Gasteiger partial charge in [-0.25, -0.2) is 9.55 Å². The topological polar surface area (TPSA) is 676 Å². The number of carbonyl (C=O) groups excluding carboxylic acids is 11. The fraction of sp³-hybridized carbons (Fsp3) is 0.453. The molecule has 24 N–H and O–H groups in total. The third-order valence-electron chi connectivity index (χ3n) is 23.6. The first-order chi connectivity index (χ1) is 67.9. The molecule has 3 saturated heterocycles. The van der Waals surface area contributed by atoms with E-state index in [-0.39, 0.29) is 138 Å². The van der Waals surface area contributed by atoms with Crippen LogP contribution in [0.4, 0.5) is 5.13 Å². The molecule has 0 saturated carbocycles. The molecule has 5 aliphatic heterocycles. The van der Waals surface area contributed by atoms with Gasteiger partial charge in [-0.2, -0.15) is 0 Å². The Balaban J connectivity index is 0.000000250. The summed E-state index contributed by atoms with van der Waals surface area (Å²) < 4.78 is 38.7. The number of halogens is 3. The summed E-state index contributed by atoms with van der Waals surface area (Å²) in [6, 6.07) is 15.7. The van der Waals surface area contributed by atoms with Crippen molar-refractivity contribution in [2.75, 3.05) is 45.3 Å². The van der Waals surface area contributed by atoms with Gasteiger partial charge >= 0.3 is 0 Å². The van der Waals surface area contributed by atoms with E-state index in [1.807, 2.05) is 13.8 Å². The number of anilines is 1. The summed E-state index contributed by atoms with van der Waals surface area (Å²) in [4.78, 5) is 151. The van der Waals surface area contributed by atoms with Crippen LogP contribution in [-0.4, -0.2) is 262 Å². The van der Waals surface area contributed by atoms with E-state index in [2.05, 4.69) is 58.0 Å². The highest BCUT2D eigenvalue weighted by Gasteiger charge is 2.55. The van der Waals surface area contributed by atoms with Crippen LogP contribution < -0.4 is 88.9 Å². The summed E-state index contributed by atoms with van der Waals surface area (Å²) in [6.45, 7) is 17.0. The van der Waals surface area contributed by atoms with Crippen molar-refractivity contribution in [3.05, 3.63) is 169 Å². The number of hydrogen-bond donors (Lipinski definition) is 21. The molecule has 49 heteroatoms. The van der Waals surface area contributed by atoms with Crippen molar-refractivity contribution in [3.63, 3.8) is 0 Å². The molecule has 7 aromatic rings. The number of fused-ring (bicyclic) bond motifs is 5. The second-order valence-corrected chi connectivity index (χ2v) is 39.0. The van der Waals surface area contributed by atoms with Crippen LogP contribution in [0.1, 0.15) is 153 Å². The number of ketones is 1. The van der Waals surface area contributed by atoms with Crippen LogP contribution >= 0.6 is 57.9 Å². The zero-order valence-electron chi connectivity index (χ0n) is 80.6. The van der Waals surface area contributed by atoms with Crippen molar-refractivity contribution in [2.45, 2.75) is 229 Å². The summed E-state index contributed by atoms with van der Waals surface area (Å²) in [5, 5.41) is 135. The number of β-lactam (4-membered cyclic amide) rings is 1. The number of phenolic OH excluding ortho intramolecular Hbond substituents is 3. The van der Waals surface area contributed by atoms with Crippen LogP contribution in [0, 0.1) is 12.8 Å². The molecule has 5 aliphatic rings. The molecule has 1 unspecified atom stereocenters. The normalized spacial score (nSPS) is 23.2. The van der Waals surface area contributed by atoms with Gasteiger partial charge in [0.2, 0.25) is 53.4 Å². The number of aromatic hydroxyl groups is 3. The standard InChI is InChI=1S/C44H46ClN11O12S2.C36H45Cl2NO12.C15H28N4O4/c1-19(47-3)36(60)50-29-21-8-9-26(58)24(14-21)28-25(15-23(57)16-27(28)59)30(51-37(61)20(2)49-39(29)63)38(62)48-10-7-13-68-54-32(31-35(45)70-44(46)53-31)40(64)52-33-41(65)56-34(43(66)67)22(18-69-42(33)56)17-55-11-5-4-6-12-55;1-16-10-26(47-24-8-6-20(17(2)41)12-22(24)37)32(27(11-16)48-25-9-7-21(18(3)42)13-23(25)38)51-35-33(31(44)30(43)28(15-40)49-35)50-29-14-36(5,39)34(45)19(4)46-29;1-8(2)6-12(17-5)15(23)18-9(3)14(22)19-11(10(4)20)7-13(16)21/h4-6,8-9,11-12,14-16,19-20,29-30,33,42,47H,7,10,13,17-18H2,1-3H3,(H10-,46,48,49,50,51,52,53,54,57,58,59,60,61,62,63,64,66,67);6-13,17-19,28-31,33-35,40-45H,14-15,39H2,1-5H3;8-9,11-12,17H,6-7H2,1-5H3,(H2,16,21)(H,18,23)(H,19,22)/t19-,20+,29-,30+,33-,42-;17-,18-,19-,28+,29-,30+,31-,33+,34+,35-,36-;9?,11-,12+/m100/s1. The molecule has 12 rings (SSSR count). The lowest BCUT2D eigenvalue weighted by molar-refractivity contribution is -0.689. The molecule has 2 aromatic heterocycles. The van der Waals surface area contributed by atoms with E-state index in [4.69, 9.17) is 85.3 Å². The van der Waals surface area contributed by atoms with Crippen molar-refractivity contribution >= 4 is 134 Å². The minimum atomic E-state index is -1.67. The molecule has 2 bridgehead atoms. The lowest BCUT2D eigenvalue weighted by Gasteiger charge is -2.50. The highest BCUT2D eigenvalue weighted by molar-refractivity contribution is 8.00. The number of benzene rings is 5. The number of carboxylic acid groups (broad SMARTS) is 1. The van der Waals surface area contributed by atoms with Gasteiger partial charge < -0.3 is 154 Å². The van der Waals surface area contributed by atoms with Crippen LogP contribution in [0.15, 0.2) is 126 Å². The number of thiazole rings is 1. The average Bonchev–Trinajstić information content (AvgIpc) is 0.758. The van der Waals surface area contributed by atoms with Crippen LogP contribution in [-0.2, 0) is 78.3 Å². The zero-order valence-corrected chi connectivity index (χ0v) is 84.5. The van der Waals surface area contributed by atoms with Crippen molar-refractivity contribution in [3.8, 4) is 57.1 Å². The Labute approximate surface area is 850 Å². The van der Waals surface area contributed by atoms with Crippen LogP contribution in [0.5, 0.6) is 46.0 Å². The van der Waals surface area contributed by atoms with Gasteiger partial charge in [-0.05, 0) is 171 Å². The Morgan fingerprint density at radius 2 is 1.41 bits per heavy atom. The number of primary amides is 1. The molecule has 3 fully saturated rings. The molecular formula is C95H119Cl3N16O28S2. The van der Waals surface area contributed by atoms with E-state index in [1.165, 1.54) is 50.7 Å². The number of ether oxygens (including phenoxy) is 6. The molecule has 9 amide bonds. The van der Waals surface area contributed by atoms with Gasteiger partial charge in [0.15, 0.2) is 59.5 Å². The molecule has 0 spiro atoms. The number of thioether (sulfide) groups is 1. The number of nitrogen functional groups attached to an aromatic ring is 1. The van der Waals surface area contributed by atoms with Crippen molar-refractivity contribution < 1.29 is 142 Å². The number of carbonyl (C=O) groups is 11. The fourth-order valence-electron chi connectivity index (χ4n) is 15.7. The number of aliphatic hydroxyl groups is 6. The SMILES string of the molecule is CN[C@H](C)C(=O)N[C@H]1C(=O)N[C@@H](C)C(=O)N[C@H](C(=O)NCCCO/N=C(\C(=O)N[C@@H]2C(=O)N3C(C(=O)[O-])=C(C[n+]4ccccc4)CS[C@H]23)c2nc(N)sc2Cl)c2cc(O)cc(O)c2-c2cc1ccc2O.CN[C@H](CC(C)C)C(=O)NC(C)C(=O)N[C@@H](CC(N)=O)C(C)=O.Cc1cc(Oc2ccc([C@H](C)O)cc2Cl)c(O[C@@H]2O[C@H](CO)[C@@H](O)[C@H](O)[C@H]2O[C@H]2C[C@](C)(N)[C@H](O)[C@H](C)O2)c(Oc2ccc([C@H](C)O)cc2Cl)c1. The van der Waals surface area contributed by atoms with Crippen LogP contribution in [0.25, 0.3) is 11.1 Å². The Hall–Kier alpha value is -12.2.